The number of ether oxygens (including phenoxy) is 1. The molecule has 0 saturated carbocycles. The molecule has 102 valence electrons. The summed E-state index contributed by atoms with van der Waals surface area (Å²) in [6, 6.07) is 11.2. The number of ketones is 1. The van der Waals surface area contributed by atoms with Gasteiger partial charge in [-0.05, 0) is 18.2 Å². The third-order valence-electron chi connectivity index (χ3n) is 3.40. The predicted octanol–water partition coefficient (Wildman–Crippen LogP) is 2.80. The lowest BCUT2D eigenvalue weighted by molar-refractivity contribution is 0.0988. The first-order valence-electron chi connectivity index (χ1n) is 6.60. The van der Waals surface area contributed by atoms with E-state index >= 15 is 0 Å². The van der Waals surface area contributed by atoms with Crippen LogP contribution in [0.2, 0.25) is 0 Å². The third kappa shape index (κ3) is 1.99. The number of para-hydroxylation sites is 1. The van der Waals surface area contributed by atoms with E-state index in [1.54, 1.807) is 23.3 Å². The number of hydrogen-bond donors (Lipinski definition) is 0. The Kier molecular flexibility index (Phi) is 2.57. The summed E-state index contributed by atoms with van der Waals surface area (Å²) in [5.41, 5.74) is 2.03. The fourth-order valence-corrected chi connectivity index (χ4v) is 2.37. The van der Waals surface area contributed by atoms with Crippen LogP contribution in [0, 0.1) is 0 Å². The number of benzene rings is 1. The second kappa shape index (κ2) is 4.56. The van der Waals surface area contributed by atoms with E-state index in [0.29, 0.717) is 23.6 Å². The first-order valence-corrected chi connectivity index (χ1v) is 6.60. The lowest BCUT2D eigenvalue weighted by atomic mass is 10.1. The number of hydrogen-bond acceptors (Lipinski definition) is 4. The number of Topliss-reactive ketones (excluding diaryl/α,β-unsaturated/α-hetero) is 1. The molecule has 2 aromatic heterocycles. The Hall–Kier alpha value is -2.95. The molecule has 0 fully saturated rings. The zero-order chi connectivity index (χ0) is 14.2. The van der Waals surface area contributed by atoms with Crippen LogP contribution in [-0.4, -0.2) is 20.5 Å². The standard InChI is InChI=1S/C16H11N3O2/c20-13-8-11-4-1-2-6-14(11)21-15-10-19(18-16(13)15)12-5-3-7-17-9-12/h1-7,9-10H,8H2. The van der Waals surface area contributed by atoms with Crippen molar-refractivity contribution >= 4 is 5.78 Å². The minimum atomic E-state index is -0.0439. The van der Waals surface area contributed by atoms with E-state index < -0.39 is 0 Å². The highest BCUT2D eigenvalue weighted by Gasteiger charge is 2.24. The van der Waals surface area contributed by atoms with Gasteiger partial charge in [-0.2, -0.15) is 5.10 Å². The summed E-state index contributed by atoms with van der Waals surface area (Å²) < 4.78 is 7.46. The van der Waals surface area contributed by atoms with Crippen LogP contribution < -0.4 is 4.74 Å². The number of nitrogens with zero attached hydrogens (tertiary/aromatic N) is 3. The van der Waals surface area contributed by atoms with Crippen molar-refractivity contribution in [2.24, 2.45) is 0 Å². The molecule has 21 heavy (non-hydrogen) atoms. The Bertz CT molecular complexity index is 825. The quantitative estimate of drug-likeness (QED) is 0.686. The fourth-order valence-electron chi connectivity index (χ4n) is 2.37. The van der Waals surface area contributed by atoms with E-state index in [1.165, 1.54) is 0 Å². The summed E-state index contributed by atoms with van der Waals surface area (Å²) >= 11 is 0. The molecule has 0 aliphatic carbocycles. The van der Waals surface area contributed by atoms with E-state index in [0.717, 1.165) is 11.3 Å². The van der Waals surface area contributed by atoms with Gasteiger partial charge in [-0.3, -0.25) is 9.78 Å². The summed E-state index contributed by atoms with van der Waals surface area (Å²) in [7, 11) is 0. The monoisotopic (exact) mass is 277 g/mol. The van der Waals surface area contributed by atoms with Gasteiger partial charge in [0.15, 0.2) is 17.2 Å². The first-order chi connectivity index (χ1) is 10.3. The second-order valence-corrected chi connectivity index (χ2v) is 4.81. The minimum absolute atomic E-state index is 0.0439. The highest BCUT2D eigenvalue weighted by atomic mass is 16.5. The van der Waals surface area contributed by atoms with Crippen molar-refractivity contribution in [1.29, 1.82) is 0 Å². The molecule has 0 saturated heterocycles. The molecule has 5 heteroatoms. The average molecular weight is 277 g/mol. The van der Waals surface area contributed by atoms with Gasteiger partial charge in [-0.1, -0.05) is 18.2 Å². The van der Waals surface area contributed by atoms with Gasteiger partial charge in [0.25, 0.3) is 0 Å². The molecule has 0 spiro atoms. The molecule has 0 amide bonds. The lowest BCUT2D eigenvalue weighted by Gasteiger charge is -2.05. The molecule has 0 N–H and O–H groups in total. The molecule has 0 radical (unpaired) electrons. The van der Waals surface area contributed by atoms with Crippen molar-refractivity contribution in [2.75, 3.05) is 0 Å². The van der Waals surface area contributed by atoms with Crippen molar-refractivity contribution in [3.63, 3.8) is 0 Å². The summed E-state index contributed by atoms with van der Waals surface area (Å²) in [5, 5.41) is 4.35. The van der Waals surface area contributed by atoms with Gasteiger partial charge >= 0.3 is 0 Å². The van der Waals surface area contributed by atoms with Crippen molar-refractivity contribution in [1.82, 2.24) is 14.8 Å². The minimum Gasteiger partial charge on any atom is -0.453 e. The zero-order valence-electron chi connectivity index (χ0n) is 11.1. The summed E-state index contributed by atoms with van der Waals surface area (Å²) in [6.07, 6.45) is 5.39. The Labute approximate surface area is 120 Å². The maximum absolute atomic E-state index is 12.3. The number of rotatable bonds is 1. The van der Waals surface area contributed by atoms with Crippen molar-refractivity contribution in [3.8, 4) is 17.2 Å². The Balaban J connectivity index is 1.82. The van der Waals surface area contributed by atoms with E-state index in [9.17, 15) is 4.79 Å². The zero-order valence-corrected chi connectivity index (χ0v) is 11.1. The SMILES string of the molecule is O=C1Cc2ccccc2Oc2cn(-c3cccnc3)nc21. The molecule has 3 aromatic rings. The molecule has 5 nitrogen and oxygen atoms in total. The van der Waals surface area contributed by atoms with Crippen LogP contribution in [0.25, 0.3) is 5.69 Å². The van der Waals surface area contributed by atoms with E-state index in [4.69, 9.17) is 4.74 Å². The van der Waals surface area contributed by atoms with Crippen molar-refractivity contribution in [2.45, 2.75) is 6.42 Å². The molecular weight excluding hydrogens is 266 g/mol. The molecular formula is C16H11N3O2. The molecule has 0 unspecified atom stereocenters. The number of aromatic nitrogens is 3. The van der Waals surface area contributed by atoms with Crippen LogP contribution in [0.4, 0.5) is 0 Å². The number of carbonyl (C=O) groups excluding carboxylic acids is 1. The normalized spacial score (nSPS) is 13.0. The van der Waals surface area contributed by atoms with E-state index in [1.807, 2.05) is 36.4 Å². The van der Waals surface area contributed by atoms with Crippen LogP contribution in [0.3, 0.4) is 0 Å². The van der Waals surface area contributed by atoms with Crippen LogP contribution in [0.15, 0.2) is 55.0 Å². The molecule has 0 atom stereocenters. The molecule has 1 aliphatic heterocycles. The van der Waals surface area contributed by atoms with Gasteiger partial charge in [0, 0.05) is 18.2 Å². The van der Waals surface area contributed by atoms with Gasteiger partial charge < -0.3 is 4.74 Å². The molecule has 0 bridgehead atoms. The summed E-state index contributed by atoms with van der Waals surface area (Å²) in [5.74, 6) is 1.14. The largest absolute Gasteiger partial charge is 0.453 e. The first kappa shape index (κ1) is 11.8. The van der Waals surface area contributed by atoms with Crippen molar-refractivity contribution in [3.05, 3.63) is 66.2 Å². The third-order valence-corrected chi connectivity index (χ3v) is 3.40. The van der Waals surface area contributed by atoms with Gasteiger partial charge in [0.1, 0.15) is 5.75 Å². The number of fused-ring (bicyclic) bond motifs is 2. The number of pyridine rings is 1. The van der Waals surface area contributed by atoms with Crippen LogP contribution in [-0.2, 0) is 6.42 Å². The van der Waals surface area contributed by atoms with Crippen LogP contribution in [0.1, 0.15) is 16.1 Å². The highest BCUT2D eigenvalue weighted by Crippen LogP contribution is 2.33. The Morgan fingerprint density at radius 1 is 1.10 bits per heavy atom. The van der Waals surface area contributed by atoms with Crippen molar-refractivity contribution < 1.29 is 9.53 Å². The maximum Gasteiger partial charge on any atom is 0.191 e. The molecule has 1 aliphatic rings. The highest BCUT2D eigenvalue weighted by molar-refractivity contribution is 5.99. The molecule has 4 rings (SSSR count). The lowest BCUT2D eigenvalue weighted by Crippen LogP contribution is -2.05. The molecule has 3 heterocycles. The topological polar surface area (TPSA) is 57.0 Å². The summed E-state index contributed by atoms with van der Waals surface area (Å²) in [4.78, 5) is 16.4. The second-order valence-electron chi connectivity index (χ2n) is 4.81. The van der Waals surface area contributed by atoms with Crippen LogP contribution in [0.5, 0.6) is 11.5 Å². The van der Waals surface area contributed by atoms with Gasteiger partial charge in [0.05, 0.1) is 18.1 Å². The number of carbonyl (C=O) groups is 1. The maximum atomic E-state index is 12.3. The van der Waals surface area contributed by atoms with E-state index in [-0.39, 0.29) is 5.78 Å². The van der Waals surface area contributed by atoms with E-state index in [2.05, 4.69) is 10.1 Å². The Morgan fingerprint density at radius 2 is 2.00 bits per heavy atom. The fraction of sp³-hybridized carbons (Fsp3) is 0.0625. The smallest absolute Gasteiger partial charge is 0.191 e. The van der Waals surface area contributed by atoms with Gasteiger partial charge in [0.2, 0.25) is 0 Å². The van der Waals surface area contributed by atoms with Gasteiger partial charge in [-0.15, -0.1) is 0 Å². The predicted molar refractivity (Wildman–Crippen MR) is 75.9 cm³/mol. The molecule has 1 aromatic carbocycles. The van der Waals surface area contributed by atoms with Gasteiger partial charge in [-0.25, -0.2) is 4.68 Å². The summed E-state index contributed by atoms with van der Waals surface area (Å²) in [6.45, 7) is 0. The van der Waals surface area contributed by atoms with Crippen LogP contribution >= 0.6 is 0 Å². The Morgan fingerprint density at radius 3 is 2.86 bits per heavy atom. The average Bonchev–Trinajstić information content (AvgIpc) is 2.89.